The number of hydrogen-bond acceptors (Lipinski definition) is 2. The van der Waals surface area contributed by atoms with Crippen LogP contribution in [-0.4, -0.2) is 13.2 Å². The molecule has 2 heteroatoms. The molecule has 0 spiro atoms. The standard InChI is InChI=1S/C19H33NO/c1-4-6-8-9-12-16-21-19-14-11-10-13-18(19)17(3)20-15-7-5-2/h10-11,13-14,17,20H,4-9,12,15-16H2,1-3H3. The lowest BCUT2D eigenvalue weighted by atomic mass is 10.1. The zero-order valence-electron chi connectivity index (χ0n) is 14.2. The second-order valence-corrected chi connectivity index (χ2v) is 5.83. The number of para-hydroxylation sites is 1. The predicted molar refractivity (Wildman–Crippen MR) is 92.0 cm³/mol. The quantitative estimate of drug-likeness (QED) is 0.514. The van der Waals surface area contributed by atoms with Crippen molar-refractivity contribution in [3.63, 3.8) is 0 Å². The van der Waals surface area contributed by atoms with Crippen molar-refractivity contribution >= 4 is 0 Å². The van der Waals surface area contributed by atoms with E-state index in [0.29, 0.717) is 6.04 Å². The zero-order chi connectivity index (χ0) is 15.3. The van der Waals surface area contributed by atoms with Gasteiger partial charge in [-0.15, -0.1) is 0 Å². The molecule has 1 aromatic carbocycles. The minimum atomic E-state index is 0.354. The summed E-state index contributed by atoms with van der Waals surface area (Å²) in [6.07, 6.45) is 8.86. The van der Waals surface area contributed by atoms with Crippen LogP contribution in [0, 0.1) is 0 Å². The molecule has 0 aliphatic carbocycles. The number of hydrogen-bond donors (Lipinski definition) is 1. The zero-order valence-corrected chi connectivity index (χ0v) is 14.2. The van der Waals surface area contributed by atoms with Crippen LogP contribution in [0.5, 0.6) is 5.75 Å². The van der Waals surface area contributed by atoms with E-state index in [1.807, 2.05) is 0 Å². The van der Waals surface area contributed by atoms with E-state index in [-0.39, 0.29) is 0 Å². The van der Waals surface area contributed by atoms with Gasteiger partial charge in [-0.3, -0.25) is 0 Å². The minimum Gasteiger partial charge on any atom is -0.493 e. The van der Waals surface area contributed by atoms with Crippen molar-refractivity contribution in [2.45, 2.75) is 71.8 Å². The molecule has 0 amide bonds. The van der Waals surface area contributed by atoms with E-state index in [4.69, 9.17) is 4.74 Å². The Kier molecular flexibility index (Phi) is 9.98. The molecular weight excluding hydrogens is 258 g/mol. The van der Waals surface area contributed by atoms with Gasteiger partial charge in [-0.25, -0.2) is 0 Å². The van der Waals surface area contributed by atoms with Crippen LogP contribution < -0.4 is 10.1 Å². The molecule has 0 radical (unpaired) electrons. The Balaban J connectivity index is 2.39. The van der Waals surface area contributed by atoms with Gasteiger partial charge in [0.1, 0.15) is 5.75 Å². The van der Waals surface area contributed by atoms with Crippen LogP contribution in [0.25, 0.3) is 0 Å². The predicted octanol–water partition coefficient (Wildman–Crippen LogP) is 5.49. The lowest BCUT2D eigenvalue weighted by molar-refractivity contribution is 0.298. The molecule has 0 fully saturated rings. The van der Waals surface area contributed by atoms with Crippen molar-refractivity contribution in [1.82, 2.24) is 5.32 Å². The fourth-order valence-electron chi connectivity index (χ4n) is 2.46. The number of benzene rings is 1. The average Bonchev–Trinajstić information content (AvgIpc) is 2.51. The maximum atomic E-state index is 6.00. The molecule has 1 N–H and O–H groups in total. The van der Waals surface area contributed by atoms with Crippen LogP contribution in [0.1, 0.15) is 77.3 Å². The monoisotopic (exact) mass is 291 g/mol. The Morgan fingerprint density at radius 2 is 1.67 bits per heavy atom. The van der Waals surface area contributed by atoms with Gasteiger partial charge in [0.15, 0.2) is 0 Å². The maximum absolute atomic E-state index is 6.00. The van der Waals surface area contributed by atoms with Gasteiger partial charge in [0.05, 0.1) is 6.61 Å². The third-order valence-corrected chi connectivity index (χ3v) is 3.87. The number of rotatable bonds is 12. The Bertz CT molecular complexity index is 364. The van der Waals surface area contributed by atoms with E-state index in [1.54, 1.807) is 0 Å². The second-order valence-electron chi connectivity index (χ2n) is 5.83. The number of nitrogens with one attached hydrogen (secondary N) is 1. The van der Waals surface area contributed by atoms with Gasteiger partial charge in [0.25, 0.3) is 0 Å². The molecular formula is C19H33NO. The highest BCUT2D eigenvalue weighted by atomic mass is 16.5. The van der Waals surface area contributed by atoms with Crippen LogP contribution in [0.15, 0.2) is 24.3 Å². The molecule has 0 saturated heterocycles. The first-order valence-electron chi connectivity index (χ1n) is 8.74. The summed E-state index contributed by atoms with van der Waals surface area (Å²) in [4.78, 5) is 0. The number of ether oxygens (including phenoxy) is 1. The lowest BCUT2D eigenvalue weighted by Crippen LogP contribution is -2.20. The van der Waals surface area contributed by atoms with E-state index in [2.05, 4.69) is 50.4 Å². The average molecular weight is 291 g/mol. The Morgan fingerprint density at radius 1 is 0.952 bits per heavy atom. The van der Waals surface area contributed by atoms with Crippen molar-refractivity contribution in [1.29, 1.82) is 0 Å². The van der Waals surface area contributed by atoms with Crippen LogP contribution in [-0.2, 0) is 0 Å². The molecule has 1 rings (SSSR count). The second kappa shape index (κ2) is 11.6. The first-order valence-corrected chi connectivity index (χ1v) is 8.74. The molecule has 21 heavy (non-hydrogen) atoms. The van der Waals surface area contributed by atoms with Crippen LogP contribution in [0.2, 0.25) is 0 Å². The fraction of sp³-hybridized carbons (Fsp3) is 0.684. The van der Waals surface area contributed by atoms with Gasteiger partial charge in [-0.2, -0.15) is 0 Å². The molecule has 120 valence electrons. The lowest BCUT2D eigenvalue weighted by Gasteiger charge is -2.18. The van der Waals surface area contributed by atoms with Crippen molar-refractivity contribution in [2.75, 3.05) is 13.2 Å². The van der Waals surface area contributed by atoms with Crippen LogP contribution >= 0.6 is 0 Å². The van der Waals surface area contributed by atoms with Gasteiger partial charge >= 0.3 is 0 Å². The van der Waals surface area contributed by atoms with Crippen LogP contribution in [0.4, 0.5) is 0 Å². The first-order chi connectivity index (χ1) is 10.3. The summed E-state index contributed by atoms with van der Waals surface area (Å²) < 4.78 is 6.00. The summed E-state index contributed by atoms with van der Waals surface area (Å²) in [7, 11) is 0. The normalized spacial score (nSPS) is 12.3. The highest BCUT2D eigenvalue weighted by Gasteiger charge is 2.10. The molecule has 0 aliphatic heterocycles. The molecule has 0 bridgehead atoms. The van der Waals surface area contributed by atoms with Crippen molar-refractivity contribution in [3.05, 3.63) is 29.8 Å². The van der Waals surface area contributed by atoms with Crippen LogP contribution in [0.3, 0.4) is 0 Å². The van der Waals surface area contributed by atoms with Gasteiger partial charge in [0, 0.05) is 11.6 Å². The number of unbranched alkanes of at least 4 members (excludes halogenated alkanes) is 5. The smallest absolute Gasteiger partial charge is 0.124 e. The van der Waals surface area contributed by atoms with E-state index < -0.39 is 0 Å². The SMILES string of the molecule is CCCCCCCOc1ccccc1C(C)NCCCC. The highest BCUT2D eigenvalue weighted by Crippen LogP contribution is 2.25. The van der Waals surface area contributed by atoms with E-state index in [0.717, 1.165) is 25.3 Å². The summed E-state index contributed by atoms with van der Waals surface area (Å²) in [5.74, 6) is 1.05. The fourth-order valence-corrected chi connectivity index (χ4v) is 2.46. The van der Waals surface area contributed by atoms with E-state index >= 15 is 0 Å². The van der Waals surface area contributed by atoms with Gasteiger partial charge in [-0.1, -0.05) is 64.2 Å². The van der Waals surface area contributed by atoms with Crippen molar-refractivity contribution in [3.8, 4) is 5.75 Å². The van der Waals surface area contributed by atoms with Gasteiger partial charge in [-0.05, 0) is 32.4 Å². The molecule has 0 heterocycles. The summed E-state index contributed by atoms with van der Waals surface area (Å²) in [6.45, 7) is 8.60. The molecule has 1 atom stereocenters. The molecule has 0 aromatic heterocycles. The maximum Gasteiger partial charge on any atom is 0.124 e. The summed E-state index contributed by atoms with van der Waals surface area (Å²) in [5.41, 5.74) is 1.28. The Hall–Kier alpha value is -1.02. The third-order valence-electron chi connectivity index (χ3n) is 3.87. The summed E-state index contributed by atoms with van der Waals surface area (Å²) >= 11 is 0. The first kappa shape index (κ1) is 18.0. The van der Waals surface area contributed by atoms with E-state index in [1.165, 1.54) is 44.1 Å². The van der Waals surface area contributed by atoms with Crippen molar-refractivity contribution < 1.29 is 4.74 Å². The summed E-state index contributed by atoms with van der Waals surface area (Å²) in [6, 6.07) is 8.79. The topological polar surface area (TPSA) is 21.3 Å². The minimum absolute atomic E-state index is 0.354. The van der Waals surface area contributed by atoms with Crippen molar-refractivity contribution in [2.24, 2.45) is 0 Å². The van der Waals surface area contributed by atoms with Gasteiger partial charge in [0.2, 0.25) is 0 Å². The molecule has 0 saturated carbocycles. The Morgan fingerprint density at radius 3 is 2.43 bits per heavy atom. The largest absolute Gasteiger partial charge is 0.493 e. The molecule has 1 aromatic rings. The Labute approximate surface area is 131 Å². The third kappa shape index (κ3) is 7.52. The highest BCUT2D eigenvalue weighted by molar-refractivity contribution is 5.35. The molecule has 0 aliphatic rings. The van der Waals surface area contributed by atoms with E-state index in [9.17, 15) is 0 Å². The summed E-state index contributed by atoms with van der Waals surface area (Å²) in [5, 5.41) is 3.58. The van der Waals surface area contributed by atoms with Gasteiger partial charge < -0.3 is 10.1 Å². The molecule has 2 nitrogen and oxygen atoms in total. The molecule has 1 unspecified atom stereocenters.